The minimum atomic E-state index is -3.37. The summed E-state index contributed by atoms with van der Waals surface area (Å²) in [6.07, 6.45) is 2.01. The Kier molecular flexibility index (Phi) is 5.60. The van der Waals surface area contributed by atoms with Crippen molar-refractivity contribution in [3.8, 4) is 5.88 Å². The lowest BCUT2D eigenvalue weighted by atomic mass is 9.88. The molecule has 12 heteroatoms. The van der Waals surface area contributed by atoms with Crippen LogP contribution in [0, 0.1) is 0 Å². The smallest absolute Gasteiger partial charge is 0.252 e. The second-order valence-electron chi connectivity index (χ2n) is 7.85. The Hall–Kier alpha value is -2.21. The summed E-state index contributed by atoms with van der Waals surface area (Å²) in [5, 5.41) is 14.8. The minimum absolute atomic E-state index is 0.0717. The zero-order valence-electron chi connectivity index (χ0n) is 16.6. The van der Waals surface area contributed by atoms with Crippen molar-refractivity contribution in [2.24, 2.45) is 0 Å². The third kappa shape index (κ3) is 4.37. The molecular formula is C17H24F2N6O3S. The fraction of sp³-hybridized carbons (Fsp3) is 0.647. The van der Waals surface area contributed by atoms with Gasteiger partial charge in [0.25, 0.3) is 5.92 Å². The molecule has 1 atom stereocenters. The molecule has 1 N–H and O–H groups in total. The lowest BCUT2D eigenvalue weighted by molar-refractivity contribution is -0.108. The molecule has 0 radical (unpaired) electrons. The summed E-state index contributed by atoms with van der Waals surface area (Å²) >= 11 is 0. The molecule has 0 aliphatic heterocycles. The number of pyridine rings is 1. The van der Waals surface area contributed by atoms with Gasteiger partial charge in [-0.15, -0.1) is 5.10 Å². The minimum Gasteiger partial charge on any atom is -0.481 e. The van der Waals surface area contributed by atoms with Crippen molar-refractivity contribution in [1.29, 1.82) is 0 Å². The number of hydrogen-bond acceptors (Lipinski definition) is 8. The van der Waals surface area contributed by atoms with Gasteiger partial charge in [-0.2, -0.15) is 0 Å². The summed E-state index contributed by atoms with van der Waals surface area (Å²) in [6.45, 7) is 3.27. The first-order valence-corrected chi connectivity index (χ1v) is 10.9. The van der Waals surface area contributed by atoms with Gasteiger partial charge >= 0.3 is 0 Å². The van der Waals surface area contributed by atoms with Gasteiger partial charge in [-0.3, -0.25) is 0 Å². The molecule has 2 heterocycles. The number of halogens is 2. The van der Waals surface area contributed by atoms with E-state index in [1.165, 1.54) is 11.8 Å². The molecule has 1 unspecified atom stereocenters. The summed E-state index contributed by atoms with van der Waals surface area (Å²) in [4.78, 5) is 4.17. The Morgan fingerprint density at radius 3 is 2.69 bits per heavy atom. The van der Waals surface area contributed by atoms with Gasteiger partial charge in [-0.1, -0.05) is 6.07 Å². The van der Waals surface area contributed by atoms with Gasteiger partial charge in [-0.05, 0) is 30.3 Å². The number of methoxy groups -OCH3 is 1. The predicted molar refractivity (Wildman–Crippen MR) is 101 cm³/mol. The molecular weight excluding hydrogens is 406 g/mol. The van der Waals surface area contributed by atoms with Crippen LogP contribution in [0.5, 0.6) is 5.88 Å². The summed E-state index contributed by atoms with van der Waals surface area (Å²) in [6, 6.07) is 2.19. The van der Waals surface area contributed by atoms with Crippen molar-refractivity contribution in [3.05, 3.63) is 29.7 Å². The van der Waals surface area contributed by atoms with Gasteiger partial charge in [0.15, 0.2) is 15.7 Å². The molecule has 2 aromatic rings. The number of ether oxygens (including phenoxy) is 1. The second-order valence-corrected chi connectivity index (χ2v) is 10.5. The monoisotopic (exact) mass is 430 g/mol. The first kappa shape index (κ1) is 21.5. The standard InChI is InChI=1S/C17H24F2N6O3S/c1-16(2,29(4,26)27)10-21-13(12-6-5-7-20-15(12)28-3)14-22-23-24-25(14)11-8-17(18,19)9-11/h5-7,11,13,21H,8-10H2,1-4H3. The molecule has 1 aliphatic rings. The SMILES string of the molecule is COc1ncccc1C(NCC(C)(C)S(C)(=O)=O)c1nnnn1C1CC(F)(F)C1. The van der Waals surface area contributed by atoms with Crippen LogP contribution < -0.4 is 10.1 Å². The number of alkyl halides is 2. The predicted octanol–water partition coefficient (Wildman–Crippen LogP) is 1.55. The summed E-state index contributed by atoms with van der Waals surface area (Å²) in [5.74, 6) is -2.14. The zero-order chi connectivity index (χ0) is 21.4. The van der Waals surface area contributed by atoms with E-state index in [4.69, 9.17) is 4.74 Å². The third-order valence-electron chi connectivity index (χ3n) is 5.23. The third-order valence-corrected chi connectivity index (χ3v) is 7.38. The average molecular weight is 430 g/mol. The summed E-state index contributed by atoms with van der Waals surface area (Å²) in [7, 11) is -1.91. The van der Waals surface area contributed by atoms with Gasteiger partial charge in [0.05, 0.1) is 17.9 Å². The molecule has 29 heavy (non-hydrogen) atoms. The fourth-order valence-corrected chi connectivity index (χ4v) is 3.41. The quantitative estimate of drug-likeness (QED) is 0.671. The number of aromatic nitrogens is 5. The highest BCUT2D eigenvalue weighted by molar-refractivity contribution is 7.92. The van der Waals surface area contributed by atoms with Gasteiger partial charge < -0.3 is 10.1 Å². The van der Waals surface area contributed by atoms with Crippen LogP contribution >= 0.6 is 0 Å². The number of hydrogen-bond donors (Lipinski definition) is 1. The molecule has 9 nitrogen and oxygen atoms in total. The van der Waals surface area contributed by atoms with Crippen LogP contribution in [0.4, 0.5) is 8.78 Å². The number of sulfone groups is 1. The van der Waals surface area contributed by atoms with Crippen molar-refractivity contribution in [3.63, 3.8) is 0 Å². The second kappa shape index (κ2) is 7.56. The normalized spacial score (nSPS) is 18.3. The lowest BCUT2D eigenvalue weighted by Gasteiger charge is -2.36. The maximum atomic E-state index is 13.4. The first-order chi connectivity index (χ1) is 13.5. The Labute approximate surface area is 167 Å². The Balaban J connectivity index is 1.98. The molecule has 160 valence electrons. The van der Waals surface area contributed by atoms with Crippen LogP contribution in [0.25, 0.3) is 0 Å². The molecule has 0 saturated heterocycles. The lowest BCUT2D eigenvalue weighted by Crippen LogP contribution is -2.44. The fourth-order valence-electron chi connectivity index (χ4n) is 3.07. The molecule has 2 aromatic heterocycles. The van der Waals surface area contributed by atoms with Crippen LogP contribution in [0.15, 0.2) is 18.3 Å². The van der Waals surface area contributed by atoms with Gasteiger partial charge in [0.2, 0.25) is 5.88 Å². The van der Waals surface area contributed by atoms with Crippen molar-refractivity contribution < 1.29 is 21.9 Å². The summed E-state index contributed by atoms with van der Waals surface area (Å²) < 4.78 is 56.6. The van der Waals surface area contributed by atoms with Gasteiger partial charge in [0.1, 0.15) is 6.04 Å². The molecule has 0 amide bonds. The molecule has 1 fully saturated rings. The van der Waals surface area contributed by atoms with E-state index < -0.39 is 32.6 Å². The van der Waals surface area contributed by atoms with Crippen LogP contribution in [0.1, 0.15) is 50.2 Å². The van der Waals surface area contributed by atoms with Crippen LogP contribution in [-0.4, -0.2) is 64.2 Å². The number of nitrogens with one attached hydrogen (secondary N) is 1. The van der Waals surface area contributed by atoms with Crippen LogP contribution in [0.3, 0.4) is 0 Å². The molecule has 1 aliphatic carbocycles. The highest BCUT2D eigenvalue weighted by Crippen LogP contribution is 2.46. The zero-order valence-corrected chi connectivity index (χ0v) is 17.4. The van der Waals surface area contributed by atoms with Gasteiger partial charge in [0, 0.05) is 37.4 Å². The van der Waals surface area contributed by atoms with Crippen molar-refractivity contribution in [1.82, 2.24) is 30.5 Å². The number of nitrogens with zero attached hydrogens (tertiary/aromatic N) is 5. The molecule has 0 spiro atoms. The summed E-state index contributed by atoms with van der Waals surface area (Å²) in [5.41, 5.74) is 0.571. The van der Waals surface area contributed by atoms with Crippen molar-refractivity contribution >= 4 is 9.84 Å². The first-order valence-electron chi connectivity index (χ1n) is 9.03. The van der Waals surface area contributed by atoms with E-state index in [1.807, 2.05) is 0 Å². The van der Waals surface area contributed by atoms with E-state index >= 15 is 0 Å². The maximum Gasteiger partial charge on any atom is 0.252 e. The van der Waals surface area contributed by atoms with E-state index in [9.17, 15) is 17.2 Å². The Morgan fingerprint density at radius 2 is 2.10 bits per heavy atom. The van der Waals surface area contributed by atoms with Crippen molar-refractivity contribution in [2.45, 2.75) is 49.4 Å². The Bertz CT molecular complexity index is 971. The highest BCUT2D eigenvalue weighted by atomic mass is 32.2. The number of tetrazole rings is 1. The van der Waals surface area contributed by atoms with Gasteiger partial charge in [-0.25, -0.2) is 26.9 Å². The largest absolute Gasteiger partial charge is 0.481 e. The topological polar surface area (TPSA) is 112 Å². The van der Waals surface area contributed by atoms with Crippen LogP contribution in [0.2, 0.25) is 0 Å². The van der Waals surface area contributed by atoms with E-state index in [0.29, 0.717) is 17.3 Å². The van der Waals surface area contributed by atoms with Crippen LogP contribution in [-0.2, 0) is 9.84 Å². The van der Waals surface area contributed by atoms with E-state index in [2.05, 4.69) is 25.8 Å². The van der Waals surface area contributed by atoms with E-state index in [-0.39, 0.29) is 19.4 Å². The molecule has 0 aromatic carbocycles. The Morgan fingerprint density at radius 1 is 1.41 bits per heavy atom. The highest BCUT2D eigenvalue weighted by Gasteiger charge is 2.48. The number of rotatable bonds is 8. The maximum absolute atomic E-state index is 13.4. The van der Waals surface area contributed by atoms with E-state index in [1.54, 1.807) is 32.2 Å². The molecule has 3 rings (SSSR count). The molecule has 0 bridgehead atoms. The van der Waals surface area contributed by atoms with Crippen molar-refractivity contribution in [2.75, 3.05) is 19.9 Å². The molecule has 1 saturated carbocycles. The van der Waals surface area contributed by atoms with E-state index in [0.717, 1.165) is 6.26 Å². The average Bonchev–Trinajstić information content (AvgIpc) is 3.08.